The van der Waals surface area contributed by atoms with Crippen LogP contribution in [0.1, 0.15) is 0 Å². The molecule has 1 aliphatic heterocycles. The van der Waals surface area contributed by atoms with Crippen molar-refractivity contribution in [1.82, 2.24) is 9.78 Å². The van der Waals surface area contributed by atoms with Gasteiger partial charge in [0.05, 0.1) is 18.9 Å². The molecular weight excluding hydrogens is 378 g/mol. The summed E-state index contributed by atoms with van der Waals surface area (Å²) in [4.78, 5) is 14.5. The van der Waals surface area contributed by atoms with Crippen LogP contribution < -0.4 is 10.2 Å². The molecule has 29 heavy (non-hydrogen) atoms. The summed E-state index contributed by atoms with van der Waals surface area (Å²) in [5.41, 5.74) is 1.69. The zero-order valence-electron chi connectivity index (χ0n) is 15.6. The maximum Gasteiger partial charge on any atom is 0.246 e. The van der Waals surface area contributed by atoms with Crippen molar-refractivity contribution in [3.8, 4) is 11.1 Å². The average Bonchev–Trinajstić information content (AvgIpc) is 3.15. The highest BCUT2D eigenvalue weighted by atomic mass is 19.1. The summed E-state index contributed by atoms with van der Waals surface area (Å²) in [7, 11) is 0. The van der Waals surface area contributed by atoms with Gasteiger partial charge in [-0.25, -0.2) is 8.78 Å². The Balaban J connectivity index is 1.58. The molecule has 4 rings (SSSR count). The number of benzene rings is 2. The van der Waals surface area contributed by atoms with E-state index in [1.165, 1.54) is 4.68 Å². The number of anilines is 2. The van der Waals surface area contributed by atoms with E-state index in [-0.39, 0.29) is 12.2 Å². The van der Waals surface area contributed by atoms with Crippen LogP contribution in [0.15, 0.2) is 54.7 Å². The number of aromatic nitrogens is 2. The van der Waals surface area contributed by atoms with Gasteiger partial charge in [-0.3, -0.25) is 9.48 Å². The van der Waals surface area contributed by atoms with E-state index < -0.39 is 17.5 Å². The van der Waals surface area contributed by atoms with E-state index in [9.17, 15) is 13.6 Å². The fourth-order valence-electron chi connectivity index (χ4n) is 3.25. The molecule has 1 fully saturated rings. The van der Waals surface area contributed by atoms with Gasteiger partial charge in [0.25, 0.3) is 0 Å². The van der Waals surface area contributed by atoms with E-state index in [4.69, 9.17) is 4.74 Å². The van der Waals surface area contributed by atoms with Crippen molar-refractivity contribution < 1.29 is 18.3 Å². The second kappa shape index (κ2) is 8.40. The monoisotopic (exact) mass is 398 g/mol. The molecule has 2 heterocycles. The van der Waals surface area contributed by atoms with Gasteiger partial charge in [-0.15, -0.1) is 0 Å². The topological polar surface area (TPSA) is 59.4 Å². The van der Waals surface area contributed by atoms with Crippen LogP contribution in [-0.2, 0) is 16.1 Å². The van der Waals surface area contributed by atoms with Crippen molar-refractivity contribution in [2.24, 2.45) is 0 Å². The van der Waals surface area contributed by atoms with Gasteiger partial charge in [0.1, 0.15) is 18.2 Å². The fraction of sp³-hybridized carbons (Fsp3) is 0.238. The maximum atomic E-state index is 13.8. The normalized spacial score (nSPS) is 14.1. The summed E-state index contributed by atoms with van der Waals surface area (Å²) in [5.74, 6) is -1.05. The molecule has 1 N–H and O–H groups in total. The summed E-state index contributed by atoms with van der Waals surface area (Å²) < 4.78 is 34.0. The lowest BCUT2D eigenvalue weighted by Crippen LogP contribution is -2.36. The lowest BCUT2D eigenvalue weighted by molar-refractivity contribution is -0.116. The number of rotatable bonds is 5. The SMILES string of the molecule is O=C(Cn1cc(-c2ccccc2)c(N2CCOCC2)n1)Nc1cc(F)ccc1F. The molecule has 0 aliphatic carbocycles. The molecule has 1 aromatic heterocycles. The van der Waals surface area contributed by atoms with Crippen LogP contribution in [0.3, 0.4) is 0 Å². The van der Waals surface area contributed by atoms with Crippen LogP contribution in [0.25, 0.3) is 11.1 Å². The summed E-state index contributed by atoms with van der Waals surface area (Å²) in [6.07, 6.45) is 1.79. The van der Waals surface area contributed by atoms with Crippen LogP contribution in [0.5, 0.6) is 0 Å². The molecule has 0 radical (unpaired) electrons. The summed E-state index contributed by atoms with van der Waals surface area (Å²) >= 11 is 0. The van der Waals surface area contributed by atoms with Crippen LogP contribution in [0, 0.1) is 11.6 Å². The van der Waals surface area contributed by atoms with Crippen molar-refractivity contribution in [1.29, 1.82) is 0 Å². The van der Waals surface area contributed by atoms with Crippen molar-refractivity contribution in [3.05, 3.63) is 66.4 Å². The van der Waals surface area contributed by atoms with Gasteiger partial charge in [0, 0.05) is 30.9 Å². The van der Waals surface area contributed by atoms with E-state index >= 15 is 0 Å². The smallest absolute Gasteiger partial charge is 0.246 e. The maximum absolute atomic E-state index is 13.8. The lowest BCUT2D eigenvalue weighted by Gasteiger charge is -2.27. The average molecular weight is 398 g/mol. The van der Waals surface area contributed by atoms with Crippen molar-refractivity contribution in [2.45, 2.75) is 6.54 Å². The molecular formula is C21H20F2N4O2. The van der Waals surface area contributed by atoms with Crippen LogP contribution in [0.4, 0.5) is 20.3 Å². The zero-order valence-corrected chi connectivity index (χ0v) is 15.6. The quantitative estimate of drug-likeness (QED) is 0.717. The van der Waals surface area contributed by atoms with Gasteiger partial charge in [-0.2, -0.15) is 5.10 Å². The molecule has 6 nitrogen and oxygen atoms in total. The largest absolute Gasteiger partial charge is 0.378 e. The van der Waals surface area contributed by atoms with Gasteiger partial charge in [0.2, 0.25) is 5.91 Å². The van der Waals surface area contributed by atoms with Crippen LogP contribution >= 0.6 is 0 Å². The molecule has 3 aromatic rings. The lowest BCUT2D eigenvalue weighted by atomic mass is 10.1. The number of morpholine rings is 1. The molecule has 150 valence electrons. The Hall–Kier alpha value is -3.26. The molecule has 1 amide bonds. The van der Waals surface area contributed by atoms with Crippen molar-refractivity contribution in [2.75, 3.05) is 36.5 Å². The molecule has 0 atom stereocenters. The molecule has 1 aliphatic rings. The number of nitrogens with zero attached hydrogens (tertiary/aromatic N) is 3. The Kier molecular flexibility index (Phi) is 5.53. The highest BCUT2D eigenvalue weighted by Crippen LogP contribution is 2.30. The number of hydrogen-bond donors (Lipinski definition) is 1. The first-order chi connectivity index (χ1) is 14.1. The Morgan fingerprint density at radius 1 is 1.10 bits per heavy atom. The Labute approximate surface area is 166 Å². The third-order valence-electron chi connectivity index (χ3n) is 4.65. The van der Waals surface area contributed by atoms with E-state index in [2.05, 4.69) is 15.3 Å². The fourth-order valence-corrected chi connectivity index (χ4v) is 3.25. The van der Waals surface area contributed by atoms with E-state index in [0.717, 1.165) is 35.1 Å². The third kappa shape index (κ3) is 4.43. The number of carbonyl (C=O) groups is 1. The zero-order chi connectivity index (χ0) is 20.2. The second-order valence-corrected chi connectivity index (χ2v) is 6.70. The number of ether oxygens (including phenoxy) is 1. The molecule has 1 saturated heterocycles. The summed E-state index contributed by atoms with van der Waals surface area (Å²) in [6, 6.07) is 12.7. The minimum atomic E-state index is -0.695. The predicted octanol–water partition coefficient (Wildman–Crippen LogP) is 3.30. The first kappa shape index (κ1) is 19.1. The standard InChI is InChI=1S/C21H20F2N4O2/c22-16-6-7-18(23)19(12-16)24-20(28)14-27-13-17(15-4-2-1-3-5-15)21(25-27)26-8-10-29-11-9-26/h1-7,12-13H,8-11,14H2,(H,24,28). The second-order valence-electron chi connectivity index (χ2n) is 6.70. The van der Waals surface area contributed by atoms with E-state index in [0.29, 0.717) is 26.3 Å². The van der Waals surface area contributed by atoms with Gasteiger partial charge in [-0.1, -0.05) is 30.3 Å². The van der Waals surface area contributed by atoms with Gasteiger partial charge >= 0.3 is 0 Å². The highest BCUT2D eigenvalue weighted by molar-refractivity contribution is 5.90. The van der Waals surface area contributed by atoms with E-state index in [1.807, 2.05) is 30.3 Å². The van der Waals surface area contributed by atoms with Gasteiger partial charge in [-0.05, 0) is 17.7 Å². The van der Waals surface area contributed by atoms with Crippen LogP contribution in [0.2, 0.25) is 0 Å². The van der Waals surface area contributed by atoms with Crippen LogP contribution in [-0.4, -0.2) is 42.0 Å². The third-order valence-corrected chi connectivity index (χ3v) is 4.65. The molecule has 2 aromatic carbocycles. The molecule has 0 unspecified atom stereocenters. The Morgan fingerprint density at radius 2 is 1.86 bits per heavy atom. The molecule has 8 heteroatoms. The predicted molar refractivity (Wildman–Crippen MR) is 106 cm³/mol. The van der Waals surface area contributed by atoms with Crippen molar-refractivity contribution in [3.63, 3.8) is 0 Å². The minimum absolute atomic E-state index is 0.125. The first-order valence-corrected chi connectivity index (χ1v) is 9.30. The number of halogens is 2. The molecule has 0 bridgehead atoms. The number of hydrogen-bond acceptors (Lipinski definition) is 4. The molecule has 0 spiro atoms. The minimum Gasteiger partial charge on any atom is -0.378 e. The molecule has 0 saturated carbocycles. The first-order valence-electron chi connectivity index (χ1n) is 9.30. The number of nitrogens with one attached hydrogen (secondary N) is 1. The van der Waals surface area contributed by atoms with Crippen molar-refractivity contribution >= 4 is 17.4 Å². The number of amides is 1. The summed E-state index contributed by atoms with van der Waals surface area (Å²) in [6.45, 7) is 2.51. The highest BCUT2D eigenvalue weighted by Gasteiger charge is 2.20. The Bertz CT molecular complexity index is 1000. The van der Waals surface area contributed by atoms with E-state index in [1.54, 1.807) is 6.20 Å². The Morgan fingerprint density at radius 3 is 2.62 bits per heavy atom. The van der Waals surface area contributed by atoms with Gasteiger partial charge < -0.3 is 15.0 Å². The van der Waals surface area contributed by atoms with Gasteiger partial charge in [0.15, 0.2) is 5.82 Å². The summed E-state index contributed by atoms with van der Waals surface area (Å²) in [5, 5.41) is 6.99. The number of carbonyl (C=O) groups excluding carboxylic acids is 1.